The number of hydrogen-bond donors (Lipinski definition) is 1. The van der Waals surface area contributed by atoms with Crippen molar-refractivity contribution in [2.75, 3.05) is 33.4 Å². The van der Waals surface area contributed by atoms with Crippen LogP contribution in [0.5, 0.6) is 0 Å². The molecule has 15 heavy (non-hydrogen) atoms. The molecule has 88 valence electrons. The van der Waals surface area contributed by atoms with Crippen LogP contribution in [0.15, 0.2) is 0 Å². The number of nitrogens with one attached hydrogen (secondary N) is 1. The molecule has 3 unspecified atom stereocenters. The minimum absolute atomic E-state index is 0.604. The van der Waals surface area contributed by atoms with Crippen molar-refractivity contribution in [2.24, 2.45) is 5.92 Å². The molecule has 0 spiro atoms. The summed E-state index contributed by atoms with van der Waals surface area (Å²) in [5.41, 5.74) is 0. The Morgan fingerprint density at radius 1 is 1.40 bits per heavy atom. The Labute approximate surface area is 93.2 Å². The lowest BCUT2D eigenvalue weighted by Crippen LogP contribution is -2.46. The molecule has 2 rings (SSSR count). The summed E-state index contributed by atoms with van der Waals surface area (Å²) in [4.78, 5) is 2.46. The predicted molar refractivity (Wildman–Crippen MR) is 62.0 cm³/mol. The summed E-state index contributed by atoms with van der Waals surface area (Å²) >= 11 is 0. The molecule has 3 nitrogen and oxygen atoms in total. The number of ether oxygens (including phenoxy) is 1. The average molecular weight is 212 g/mol. The molecule has 0 bridgehead atoms. The molecule has 0 aliphatic carbocycles. The van der Waals surface area contributed by atoms with Crippen LogP contribution in [-0.2, 0) is 4.74 Å². The standard InChI is InChI=1S/C12H24N2O/c1-10(13-12-5-7-15-9-12)11-4-3-6-14(2)8-11/h10-13H,3-9H2,1-2H3. The zero-order chi connectivity index (χ0) is 10.7. The van der Waals surface area contributed by atoms with Crippen LogP contribution in [0, 0.1) is 5.92 Å². The molecule has 0 amide bonds. The highest BCUT2D eigenvalue weighted by Gasteiger charge is 2.25. The molecule has 2 aliphatic heterocycles. The van der Waals surface area contributed by atoms with Gasteiger partial charge in [-0.2, -0.15) is 0 Å². The summed E-state index contributed by atoms with van der Waals surface area (Å²) in [5.74, 6) is 0.823. The van der Waals surface area contributed by atoms with Gasteiger partial charge < -0.3 is 15.0 Å². The fourth-order valence-electron chi connectivity index (χ4n) is 2.79. The van der Waals surface area contributed by atoms with Gasteiger partial charge in [-0.25, -0.2) is 0 Å². The van der Waals surface area contributed by atoms with Gasteiger partial charge in [0.25, 0.3) is 0 Å². The Morgan fingerprint density at radius 3 is 2.93 bits per heavy atom. The summed E-state index contributed by atoms with van der Waals surface area (Å²) in [6.07, 6.45) is 3.92. The first-order valence-corrected chi connectivity index (χ1v) is 6.28. The van der Waals surface area contributed by atoms with E-state index in [1.165, 1.54) is 32.4 Å². The van der Waals surface area contributed by atoms with Gasteiger partial charge in [-0.15, -0.1) is 0 Å². The molecule has 3 heteroatoms. The van der Waals surface area contributed by atoms with Crippen molar-refractivity contribution in [2.45, 2.75) is 38.3 Å². The van der Waals surface area contributed by atoms with Crippen LogP contribution in [0.4, 0.5) is 0 Å². The van der Waals surface area contributed by atoms with E-state index >= 15 is 0 Å². The third-order valence-corrected chi connectivity index (χ3v) is 3.80. The molecule has 0 aromatic rings. The van der Waals surface area contributed by atoms with Gasteiger partial charge >= 0.3 is 0 Å². The molecule has 0 aromatic heterocycles. The first-order valence-electron chi connectivity index (χ1n) is 6.28. The molecule has 0 radical (unpaired) electrons. The van der Waals surface area contributed by atoms with Crippen LogP contribution in [0.2, 0.25) is 0 Å². The number of nitrogens with zero attached hydrogens (tertiary/aromatic N) is 1. The summed E-state index contributed by atoms with van der Waals surface area (Å²) in [6, 6.07) is 1.24. The minimum Gasteiger partial charge on any atom is -0.380 e. The van der Waals surface area contributed by atoms with Gasteiger partial charge in [0.2, 0.25) is 0 Å². The monoisotopic (exact) mass is 212 g/mol. The Balaban J connectivity index is 1.76. The Morgan fingerprint density at radius 2 is 2.27 bits per heavy atom. The van der Waals surface area contributed by atoms with E-state index in [-0.39, 0.29) is 0 Å². The van der Waals surface area contributed by atoms with Gasteiger partial charge in [0.1, 0.15) is 0 Å². The lowest BCUT2D eigenvalue weighted by molar-refractivity contribution is 0.161. The van der Waals surface area contributed by atoms with Crippen LogP contribution >= 0.6 is 0 Å². The molecular weight excluding hydrogens is 188 g/mol. The lowest BCUT2D eigenvalue weighted by Gasteiger charge is -2.35. The fourth-order valence-corrected chi connectivity index (χ4v) is 2.79. The van der Waals surface area contributed by atoms with E-state index in [2.05, 4.69) is 24.2 Å². The molecule has 0 aromatic carbocycles. The molecule has 3 atom stereocenters. The number of rotatable bonds is 3. The van der Waals surface area contributed by atoms with Crippen molar-refractivity contribution < 1.29 is 4.74 Å². The van der Waals surface area contributed by atoms with Crippen molar-refractivity contribution in [3.05, 3.63) is 0 Å². The Kier molecular flexibility index (Phi) is 4.00. The second kappa shape index (κ2) is 5.28. The van der Waals surface area contributed by atoms with Crippen molar-refractivity contribution in [1.29, 1.82) is 0 Å². The van der Waals surface area contributed by atoms with Crippen molar-refractivity contribution in [1.82, 2.24) is 10.2 Å². The molecule has 1 N–H and O–H groups in total. The minimum atomic E-state index is 0.604. The maximum Gasteiger partial charge on any atom is 0.0620 e. The third-order valence-electron chi connectivity index (χ3n) is 3.80. The van der Waals surface area contributed by atoms with Gasteiger partial charge in [0.15, 0.2) is 0 Å². The second-order valence-corrected chi connectivity index (χ2v) is 5.18. The second-order valence-electron chi connectivity index (χ2n) is 5.18. The van der Waals surface area contributed by atoms with E-state index < -0.39 is 0 Å². The van der Waals surface area contributed by atoms with Crippen LogP contribution in [0.3, 0.4) is 0 Å². The number of piperidine rings is 1. The molecule has 0 saturated carbocycles. The zero-order valence-corrected chi connectivity index (χ0v) is 10.0. The van der Waals surface area contributed by atoms with Crippen molar-refractivity contribution in [3.63, 3.8) is 0 Å². The summed E-state index contributed by atoms with van der Waals surface area (Å²) in [6.45, 7) is 6.71. The van der Waals surface area contributed by atoms with E-state index in [1.54, 1.807) is 0 Å². The maximum atomic E-state index is 5.39. The van der Waals surface area contributed by atoms with Crippen LogP contribution in [0.25, 0.3) is 0 Å². The summed E-state index contributed by atoms with van der Waals surface area (Å²) < 4.78 is 5.39. The van der Waals surface area contributed by atoms with Gasteiger partial charge in [-0.05, 0) is 45.7 Å². The molecule has 2 aliphatic rings. The molecular formula is C12H24N2O. The molecule has 2 fully saturated rings. The third kappa shape index (κ3) is 3.16. The average Bonchev–Trinajstić information content (AvgIpc) is 2.70. The Bertz CT molecular complexity index is 192. The van der Waals surface area contributed by atoms with Crippen molar-refractivity contribution >= 4 is 0 Å². The van der Waals surface area contributed by atoms with Crippen LogP contribution < -0.4 is 5.32 Å². The van der Waals surface area contributed by atoms with Gasteiger partial charge in [0.05, 0.1) is 6.61 Å². The first-order chi connectivity index (χ1) is 7.25. The maximum absolute atomic E-state index is 5.39. The van der Waals surface area contributed by atoms with E-state index in [0.29, 0.717) is 12.1 Å². The molecule has 2 heterocycles. The van der Waals surface area contributed by atoms with E-state index in [1.807, 2.05) is 0 Å². The SMILES string of the molecule is CC(NC1CCOC1)C1CCCN(C)C1. The smallest absolute Gasteiger partial charge is 0.0620 e. The zero-order valence-electron chi connectivity index (χ0n) is 10.0. The summed E-state index contributed by atoms with van der Waals surface area (Å²) in [5, 5.41) is 3.72. The van der Waals surface area contributed by atoms with E-state index in [4.69, 9.17) is 4.74 Å². The van der Waals surface area contributed by atoms with Gasteiger partial charge in [-0.1, -0.05) is 0 Å². The van der Waals surface area contributed by atoms with Gasteiger partial charge in [0, 0.05) is 25.2 Å². The quantitative estimate of drug-likeness (QED) is 0.758. The predicted octanol–water partition coefficient (Wildman–Crippen LogP) is 1.10. The first kappa shape index (κ1) is 11.4. The fraction of sp³-hybridized carbons (Fsp3) is 1.00. The normalized spacial score (nSPS) is 35.6. The van der Waals surface area contributed by atoms with Crippen LogP contribution in [-0.4, -0.2) is 50.3 Å². The van der Waals surface area contributed by atoms with E-state index in [0.717, 1.165) is 19.1 Å². The number of likely N-dealkylation sites (tertiary alicyclic amines) is 1. The van der Waals surface area contributed by atoms with Gasteiger partial charge in [-0.3, -0.25) is 0 Å². The highest BCUT2D eigenvalue weighted by molar-refractivity contribution is 4.83. The highest BCUT2D eigenvalue weighted by Crippen LogP contribution is 2.19. The lowest BCUT2D eigenvalue weighted by atomic mass is 9.91. The topological polar surface area (TPSA) is 24.5 Å². The highest BCUT2D eigenvalue weighted by atomic mass is 16.5. The van der Waals surface area contributed by atoms with Crippen LogP contribution in [0.1, 0.15) is 26.2 Å². The summed E-state index contributed by atoms with van der Waals surface area (Å²) in [7, 11) is 2.23. The molecule has 2 saturated heterocycles. The van der Waals surface area contributed by atoms with E-state index in [9.17, 15) is 0 Å². The Hall–Kier alpha value is -0.120. The van der Waals surface area contributed by atoms with Crippen molar-refractivity contribution in [3.8, 4) is 0 Å². The number of hydrogen-bond acceptors (Lipinski definition) is 3. The largest absolute Gasteiger partial charge is 0.380 e.